The predicted molar refractivity (Wildman–Crippen MR) is 166 cm³/mol. The lowest BCUT2D eigenvalue weighted by Crippen LogP contribution is -2.37. The van der Waals surface area contributed by atoms with Crippen LogP contribution < -0.4 is 10.2 Å². The zero-order valence-electron chi connectivity index (χ0n) is 24.9. The molecular formula is C32H35N7O6. The molecule has 3 heterocycles. The number of nitrogens with one attached hydrogen (secondary N) is 1. The lowest BCUT2D eigenvalue weighted by atomic mass is 9.95. The number of aliphatic imine (C=N–C) groups is 1. The molecule has 45 heavy (non-hydrogen) atoms. The van der Waals surface area contributed by atoms with Gasteiger partial charge in [0.1, 0.15) is 5.69 Å². The van der Waals surface area contributed by atoms with Gasteiger partial charge >= 0.3 is 0 Å². The number of rotatable bonds is 15. The van der Waals surface area contributed by atoms with E-state index in [0.717, 1.165) is 27.3 Å². The van der Waals surface area contributed by atoms with E-state index >= 15 is 0 Å². The predicted octanol–water partition coefficient (Wildman–Crippen LogP) is 2.01. The second kappa shape index (κ2) is 15.1. The first-order valence-corrected chi connectivity index (χ1v) is 14.8. The van der Waals surface area contributed by atoms with E-state index in [1.54, 1.807) is 4.90 Å². The highest BCUT2D eigenvalue weighted by molar-refractivity contribution is 6.13. The molecule has 3 aromatic rings. The molecule has 0 unspecified atom stereocenters. The number of hydrogen-bond acceptors (Lipinski definition) is 9. The van der Waals surface area contributed by atoms with Gasteiger partial charge in [-0.05, 0) is 18.3 Å². The molecule has 13 heteroatoms. The number of imide groups is 1. The molecule has 234 valence electrons. The molecule has 2 aromatic carbocycles. The SMILES string of the molecule is C=NCCOCCOCCn1nnc2c1-c1ccccc1CN(C(=O)CCNC(=O)CCN1C(=O)C=CC1=O)c1ccccc1-2. The van der Waals surface area contributed by atoms with E-state index in [4.69, 9.17) is 9.47 Å². The minimum Gasteiger partial charge on any atom is -0.377 e. The van der Waals surface area contributed by atoms with Gasteiger partial charge in [0.15, 0.2) is 0 Å². The van der Waals surface area contributed by atoms with E-state index in [2.05, 4.69) is 27.3 Å². The van der Waals surface area contributed by atoms with Gasteiger partial charge in [-0.2, -0.15) is 0 Å². The Balaban J connectivity index is 1.27. The zero-order chi connectivity index (χ0) is 31.6. The summed E-state index contributed by atoms with van der Waals surface area (Å²) in [6, 6.07) is 15.4. The molecule has 4 amide bonds. The third kappa shape index (κ3) is 7.56. The molecule has 0 atom stereocenters. The molecular weight excluding hydrogens is 578 g/mol. The molecule has 0 saturated heterocycles. The highest BCUT2D eigenvalue weighted by Crippen LogP contribution is 2.41. The topological polar surface area (TPSA) is 148 Å². The first kappa shape index (κ1) is 31.4. The van der Waals surface area contributed by atoms with Crippen LogP contribution in [0.1, 0.15) is 18.4 Å². The summed E-state index contributed by atoms with van der Waals surface area (Å²) in [4.78, 5) is 56.0. The van der Waals surface area contributed by atoms with E-state index in [0.29, 0.717) is 57.4 Å². The lowest BCUT2D eigenvalue weighted by Gasteiger charge is -2.28. The Kier molecular flexibility index (Phi) is 10.6. The van der Waals surface area contributed by atoms with Crippen LogP contribution >= 0.6 is 0 Å². The number of carbonyl (C=O) groups is 4. The molecule has 5 rings (SSSR count). The van der Waals surface area contributed by atoms with Crippen molar-refractivity contribution in [1.29, 1.82) is 0 Å². The molecule has 2 aliphatic heterocycles. The monoisotopic (exact) mass is 613 g/mol. The number of carbonyl (C=O) groups excluding carboxylic acids is 4. The van der Waals surface area contributed by atoms with Crippen LogP contribution in [0.4, 0.5) is 5.69 Å². The van der Waals surface area contributed by atoms with Crippen molar-refractivity contribution < 1.29 is 28.7 Å². The van der Waals surface area contributed by atoms with E-state index in [1.807, 2.05) is 53.2 Å². The minimum absolute atomic E-state index is 0.0156. The highest BCUT2D eigenvalue weighted by atomic mass is 16.5. The number of fused-ring (bicyclic) bond motifs is 5. The second-order valence-electron chi connectivity index (χ2n) is 10.3. The largest absolute Gasteiger partial charge is 0.377 e. The van der Waals surface area contributed by atoms with Gasteiger partial charge in [-0.15, -0.1) is 5.10 Å². The van der Waals surface area contributed by atoms with Gasteiger partial charge < -0.3 is 19.7 Å². The Morgan fingerprint density at radius 2 is 1.60 bits per heavy atom. The van der Waals surface area contributed by atoms with Gasteiger partial charge in [0.25, 0.3) is 11.8 Å². The van der Waals surface area contributed by atoms with Crippen molar-refractivity contribution in [2.24, 2.45) is 4.99 Å². The normalized spacial score (nSPS) is 13.6. The quantitative estimate of drug-likeness (QED) is 0.156. The molecule has 0 radical (unpaired) electrons. The maximum Gasteiger partial charge on any atom is 0.253 e. The van der Waals surface area contributed by atoms with Crippen LogP contribution in [0.15, 0.2) is 65.7 Å². The first-order chi connectivity index (χ1) is 22.0. The minimum atomic E-state index is -0.436. The van der Waals surface area contributed by atoms with Gasteiger partial charge in [-0.1, -0.05) is 47.7 Å². The Labute approximate surface area is 260 Å². The molecule has 0 fully saturated rings. The summed E-state index contributed by atoms with van der Waals surface area (Å²) in [5.74, 6) is -1.40. The Morgan fingerprint density at radius 3 is 2.38 bits per heavy atom. The van der Waals surface area contributed by atoms with Crippen molar-refractivity contribution >= 4 is 36.0 Å². The molecule has 1 N–H and O–H groups in total. The van der Waals surface area contributed by atoms with E-state index in [9.17, 15) is 19.2 Å². The number of aromatic nitrogens is 3. The van der Waals surface area contributed by atoms with Crippen molar-refractivity contribution in [3.05, 3.63) is 66.2 Å². The summed E-state index contributed by atoms with van der Waals surface area (Å²) < 4.78 is 13.0. The zero-order valence-corrected chi connectivity index (χ0v) is 24.9. The van der Waals surface area contributed by atoms with E-state index in [-0.39, 0.29) is 37.7 Å². The van der Waals surface area contributed by atoms with Crippen molar-refractivity contribution in [1.82, 2.24) is 25.2 Å². The molecule has 0 saturated carbocycles. The van der Waals surface area contributed by atoms with Crippen molar-refractivity contribution in [2.75, 3.05) is 51.0 Å². The van der Waals surface area contributed by atoms with Crippen molar-refractivity contribution in [3.8, 4) is 22.5 Å². The second-order valence-corrected chi connectivity index (χ2v) is 10.3. The van der Waals surface area contributed by atoms with Crippen molar-refractivity contribution in [3.63, 3.8) is 0 Å². The van der Waals surface area contributed by atoms with Crippen LogP contribution in [-0.2, 0) is 41.7 Å². The third-order valence-electron chi connectivity index (χ3n) is 7.42. The summed E-state index contributed by atoms with van der Waals surface area (Å²) in [7, 11) is 0. The molecule has 1 aromatic heterocycles. The van der Waals surface area contributed by atoms with E-state index < -0.39 is 11.8 Å². The molecule has 0 aliphatic carbocycles. The molecule has 2 aliphatic rings. The van der Waals surface area contributed by atoms with Crippen LogP contribution in [0.2, 0.25) is 0 Å². The van der Waals surface area contributed by atoms with Crippen molar-refractivity contribution in [2.45, 2.75) is 25.9 Å². The van der Waals surface area contributed by atoms with Crippen LogP contribution in [0.25, 0.3) is 22.5 Å². The van der Waals surface area contributed by atoms with Gasteiger partial charge in [0.05, 0.1) is 57.4 Å². The first-order valence-electron chi connectivity index (χ1n) is 14.8. The summed E-state index contributed by atoms with van der Waals surface area (Å²) >= 11 is 0. The standard InChI is InChI=1S/C32H35N7O6/c1-33-15-18-44-20-21-45-19-17-39-32-24-7-3-2-6-23(24)22-38(26-9-5-4-8-25(26)31(32)35-36-39)30(43)12-14-34-27(40)13-16-37-28(41)10-11-29(37)42/h2-11H,1,12-22H2,(H,34,40). The Bertz CT molecular complexity index is 1580. The fourth-order valence-corrected chi connectivity index (χ4v) is 5.19. The van der Waals surface area contributed by atoms with Gasteiger partial charge in [0, 0.05) is 49.2 Å². The molecule has 13 nitrogen and oxygen atoms in total. The lowest BCUT2D eigenvalue weighted by molar-refractivity contribution is -0.137. The number of amides is 4. The average Bonchev–Trinajstić information content (AvgIpc) is 3.60. The third-order valence-corrected chi connectivity index (χ3v) is 7.42. The number of para-hydroxylation sites is 1. The highest BCUT2D eigenvalue weighted by Gasteiger charge is 2.29. The average molecular weight is 614 g/mol. The maximum atomic E-state index is 13.7. The number of benzene rings is 2. The smallest absolute Gasteiger partial charge is 0.253 e. The summed E-state index contributed by atoms with van der Waals surface area (Å²) in [6.45, 7) is 6.71. The van der Waals surface area contributed by atoms with Crippen LogP contribution in [0.5, 0.6) is 0 Å². The maximum absolute atomic E-state index is 13.7. The van der Waals surface area contributed by atoms with Gasteiger partial charge in [0.2, 0.25) is 11.8 Å². The van der Waals surface area contributed by atoms with Crippen LogP contribution in [0, 0.1) is 0 Å². The number of nitrogens with zero attached hydrogens (tertiary/aromatic N) is 6. The van der Waals surface area contributed by atoms with Gasteiger partial charge in [-0.25, -0.2) is 4.68 Å². The fourth-order valence-electron chi connectivity index (χ4n) is 5.19. The fraction of sp³-hybridized carbons (Fsp3) is 0.344. The molecule has 0 bridgehead atoms. The van der Waals surface area contributed by atoms with E-state index in [1.165, 1.54) is 12.2 Å². The number of ether oxygens (including phenoxy) is 2. The summed E-state index contributed by atoms with van der Waals surface area (Å²) in [5.41, 5.74) is 4.80. The molecule has 0 spiro atoms. The van der Waals surface area contributed by atoms with Gasteiger partial charge in [-0.3, -0.25) is 29.1 Å². The number of anilines is 1. The number of hydrogen-bond donors (Lipinski definition) is 1. The van der Waals surface area contributed by atoms with Crippen LogP contribution in [-0.4, -0.2) is 96.3 Å². The Morgan fingerprint density at radius 1 is 0.889 bits per heavy atom. The van der Waals surface area contributed by atoms with Crippen LogP contribution in [0.3, 0.4) is 0 Å². The summed E-state index contributed by atoms with van der Waals surface area (Å²) in [6.07, 6.45) is 2.37. The summed E-state index contributed by atoms with van der Waals surface area (Å²) in [5, 5.41) is 11.8. The Hall–Kier alpha value is -5.01.